The van der Waals surface area contributed by atoms with Gasteiger partial charge in [-0.15, -0.1) is 0 Å². The van der Waals surface area contributed by atoms with Gasteiger partial charge in [-0.1, -0.05) is 54.6 Å². The van der Waals surface area contributed by atoms with Crippen molar-refractivity contribution in [1.29, 1.82) is 5.26 Å². The molecule has 0 bridgehead atoms. The Morgan fingerprint density at radius 1 is 1.03 bits per heavy atom. The molecule has 0 spiro atoms. The van der Waals surface area contributed by atoms with Crippen molar-refractivity contribution in [2.24, 2.45) is 11.7 Å². The van der Waals surface area contributed by atoms with E-state index in [1.54, 1.807) is 10.7 Å². The van der Waals surface area contributed by atoms with E-state index in [0.717, 1.165) is 46.2 Å². The van der Waals surface area contributed by atoms with Crippen molar-refractivity contribution >= 4 is 16.7 Å². The van der Waals surface area contributed by atoms with E-state index >= 15 is 0 Å². The summed E-state index contributed by atoms with van der Waals surface area (Å²) in [6.07, 6.45) is 5.19. The number of nitrogens with two attached hydrogens (primary N) is 1. The molecule has 0 aliphatic heterocycles. The number of rotatable bonds is 4. The summed E-state index contributed by atoms with van der Waals surface area (Å²) >= 11 is 0. The van der Waals surface area contributed by atoms with E-state index in [0.29, 0.717) is 41.3 Å². The van der Waals surface area contributed by atoms with Gasteiger partial charge in [0.25, 0.3) is 0 Å². The second kappa shape index (κ2) is 7.69. The minimum Gasteiger partial charge on any atom is -0.389 e. The molecule has 3 aromatic heterocycles. The number of nitriles is 1. The number of hydrogen-bond donors (Lipinski definition) is 2. The molecule has 0 saturated heterocycles. The van der Waals surface area contributed by atoms with Gasteiger partial charge in [-0.25, -0.2) is 9.97 Å². The molecular weight excluding hydrogens is 460 g/mol. The molecule has 3 heterocycles. The summed E-state index contributed by atoms with van der Waals surface area (Å²) in [6.45, 7) is 1.81. The zero-order chi connectivity index (χ0) is 25.4. The molecular formula is C30H26N6O. The molecule has 182 valence electrons. The summed E-state index contributed by atoms with van der Waals surface area (Å²) in [6, 6.07) is 22.7. The fourth-order valence-electron chi connectivity index (χ4n) is 6.00. The minimum atomic E-state index is -0.600. The van der Waals surface area contributed by atoms with Crippen LogP contribution in [0.5, 0.6) is 0 Å². The summed E-state index contributed by atoms with van der Waals surface area (Å²) in [5, 5.41) is 25.9. The Morgan fingerprint density at radius 2 is 1.76 bits per heavy atom. The predicted molar refractivity (Wildman–Crippen MR) is 141 cm³/mol. The molecule has 0 radical (unpaired) electrons. The van der Waals surface area contributed by atoms with Crippen LogP contribution in [-0.2, 0) is 5.54 Å². The monoisotopic (exact) mass is 486 g/mol. The van der Waals surface area contributed by atoms with Crippen LogP contribution >= 0.6 is 0 Å². The van der Waals surface area contributed by atoms with E-state index in [-0.39, 0.29) is 0 Å². The van der Waals surface area contributed by atoms with Gasteiger partial charge in [0, 0.05) is 28.2 Å². The first-order valence-corrected chi connectivity index (χ1v) is 12.7. The lowest BCUT2D eigenvalue weighted by Gasteiger charge is -2.52. The highest BCUT2D eigenvalue weighted by Crippen LogP contribution is 2.57. The van der Waals surface area contributed by atoms with Gasteiger partial charge in [0.05, 0.1) is 17.0 Å². The normalized spacial score (nSPS) is 23.2. The fraction of sp³-hybridized carbons (Fsp3) is 0.267. The average Bonchev–Trinajstić information content (AvgIpc) is 3.71. The lowest BCUT2D eigenvalue weighted by molar-refractivity contribution is -0.106. The lowest BCUT2D eigenvalue weighted by atomic mass is 9.60. The van der Waals surface area contributed by atoms with Crippen molar-refractivity contribution in [2.45, 2.75) is 43.7 Å². The van der Waals surface area contributed by atoms with Crippen LogP contribution < -0.4 is 5.73 Å². The highest BCUT2D eigenvalue weighted by Gasteiger charge is 2.58. The second-order valence-electron chi connectivity index (χ2n) is 10.7. The van der Waals surface area contributed by atoms with Gasteiger partial charge in [0.15, 0.2) is 11.3 Å². The second-order valence-corrected chi connectivity index (χ2v) is 10.7. The first kappa shape index (κ1) is 22.1. The van der Waals surface area contributed by atoms with Crippen LogP contribution in [0.2, 0.25) is 0 Å². The Hall–Kier alpha value is -4.12. The van der Waals surface area contributed by atoms with Gasteiger partial charge in [-0.05, 0) is 55.7 Å². The van der Waals surface area contributed by atoms with E-state index < -0.39 is 11.1 Å². The van der Waals surface area contributed by atoms with Crippen molar-refractivity contribution in [3.8, 4) is 28.5 Å². The Labute approximate surface area is 214 Å². The van der Waals surface area contributed by atoms with E-state index in [2.05, 4.69) is 58.6 Å². The zero-order valence-electron chi connectivity index (χ0n) is 20.5. The number of hydrogen-bond acceptors (Lipinski definition) is 6. The van der Waals surface area contributed by atoms with Crippen LogP contribution in [0.4, 0.5) is 0 Å². The molecule has 37 heavy (non-hydrogen) atoms. The van der Waals surface area contributed by atoms with Gasteiger partial charge >= 0.3 is 0 Å². The van der Waals surface area contributed by atoms with E-state index in [9.17, 15) is 10.4 Å². The maximum atomic E-state index is 10.8. The minimum absolute atomic E-state index is 0.414. The molecule has 2 saturated carbocycles. The van der Waals surface area contributed by atoms with E-state index in [1.807, 2.05) is 25.1 Å². The molecule has 5 aromatic rings. The third-order valence-electron chi connectivity index (χ3n) is 8.10. The smallest absolute Gasteiger partial charge is 0.175 e. The number of aryl methyl sites for hydroxylation is 1. The van der Waals surface area contributed by atoms with Crippen LogP contribution in [0.1, 0.15) is 42.5 Å². The number of nitrogens with zero attached hydrogens (tertiary/aromatic N) is 5. The largest absolute Gasteiger partial charge is 0.389 e. The molecule has 0 amide bonds. The van der Waals surface area contributed by atoms with Gasteiger partial charge in [-0.2, -0.15) is 14.9 Å². The van der Waals surface area contributed by atoms with Crippen LogP contribution in [0, 0.1) is 24.2 Å². The Bertz CT molecular complexity index is 1720. The molecule has 7 heteroatoms. The summed E-state index contributed by atoms with van der Waals surface area (Å²) in [7, 11) is 0. The molecule has 2 aromatic carbocycles. The Balaban J connectivity index is 1.37. The molecule has 3 N–H and O–H groups in total. The predicted octanol–water partition coefficient (Wildman–Crippen LogP) is 4.88. The molecule has 2 aliphatic rings. The van der Waals surface area contributed by atoms with Crippen molar-refractivity contribution in [3.63, 3.8) is 0 Å². The topological polar surface area (TPSA) is 113 Å². The Morgan fingerprint density at radius 3 is 2.43 bits per heavy atom. The molecule has 2 aliphatic carbocycles. The van der Waals surface area contributed by atoms with Crippen LogP contribution in [0.25, 0.3) is 39.1 Å². The van der Waals surface area contributed by atoms with E-state index in [4.69, 9.17) is 10.7 Å². The fourth-order valence-corrected chi connectivity index (χ4v) is 6.00. The quantitative estimate of drug-likeness (QED) is 0.374. The number of fused-ring (bicyclic) bond motifs is 3. The number of benzene rings is 2. The summed E-state index contributed by atoms with van der Waals surface area (Å²) in [5.41, 5.74) is 12.7. The standard InChI is InChI=1S/C30H26N6O/c1-18-25(14-31)28-33-15-21-13-24(19-5-3-2-4-6-19)26(34-27(21)36(28)35-18)20-7-9-22(10-8-20)29(32)16-30(37,17-29)23-11-12-23/h2-10,13,15,23,37H,11-12,16-17,32H2,1H3/t29-,30-. The van der Waals surface area contributed by atoms with Crippen molar-refractivity contribution in [1.82, 2.24) is 19.6 Å². The molecule has 2 fully saturated rings. The van der Waals surface area contributed by atoms with Crippen LogP contribution in [0.15, 0.2) is 66.9 Å². The van der Waals surface area contributed by atoms with Crippen molar-refractivity contribution in [2.75, 3.05) is 0 Å². The molecule has 7 rings (SSSR count). The zero-order valence-corrected chi connectivity index (χ0v) is 20.5. The van der Waals surface area contributed by atoms with Crippen molar-refractivity contribution < 1.29 is 5.11 Å². The number of pyridine rings is 1. The highest BCUT2D eigenvalue weighted by atomic mass is 16.3. The summed E-state index contributed by atoms with van der Waals surface area (Å²) < 4.78 is 1.66. The average molecular weight is 487 g/mol. The molecule has 7 nitrogen and oxygen atoms in total. The van der Waals surface area contributed by atoms with Gasteiger partial charge in [0.1, 0.15) is 11.6 Å². The van der Waals surface area contributed by atoms with Crippen LogP contribution in [-0.4, -0.2) is 30.3 Å². The van der Waals surface area contributed by atoms with Gasteiger partial charge in [0.2, 0.25) is 0 Å². The highest BCUT2D eigenvalue weighted by molar-refractivity contribution is 5.91. The maximum absolute atomic E-state index is 10.8. The number of aromatic nitrogens is 4. The first-order valence-electron chi connectivity index (χ1n) is 12.7. The van der Waals surface area contributed by atoms with Gasteiger partial charge < -0.3 is 10.8 Å². The Kier molecular flexibility index (Phi) is 4.59. The third-order valence-corrected chi connectivity index (χ3v) is 8.10. The van der Waals surface area contributed by atoms with E-state index in [1.165, 1.54) is 0 Å². The third kappa shape index (κ3) is 3.37. The molecule has 0 atom stereocenters. The number of aliphatic hydroxyl groups is 1. The first-order chi connectivity index (χ1) is 17.9. The lowest BCUT2D eigenvalue weighted by Crippen LogP contribution is -2.60. The SMILES string of the molecule is Cc1nn2c(ncc3cc(-c4ccccc4)c(-c4ccc([C@]5(N)C[C@@](O)(C6CC6)C5)cc4)nc32)c1C#N. The maximum Gasteiger partial charge on any atom is 0.175 e. The van der Waals surface area contributed by atoms with Crippen molar-refractivity contribution in [3.05, 3.63) is 83.7 Å². The summed E-state index contributed by atoms with van der Waals surface area (Å²) in [4.78, 5) is 9.62. The molecule has 0 unspecified atom stereocenters. The van der Waals surface area contributed by atoms with Gasteiger partial charge in [-0.3, -0.25) is 0 Å². The summed E-state index contributed by atoms with van der Waals surface area (Å²) in [5.74, 6) is 0.414. The van der Waals surface area contributed by atoms with Crippen LogP contribution in [0.3, 0.4) is 0 Å².